The predicted molar refractivity (Wildman–Crippen MR) is 63.7 cm³/mol. The van der Waals surface area contributed by atoms with E-state index in [1.165, 1.54) is 0 Å². The van der Waals surface area contributed by atoms with Gasteiger partial charge >= 0.3 is 0 Å². The molecule has 0 aliphatic carbocycles. The van der Waals surface area contributed by atoms with Crippen molar-refractivity contribution in [3.63, 3.8) is 0 Å². The molecule has 0 aliphatic heterocycles. The summed E-state index contributed by atoms with van der Waals surface area (Å²) in [6, 6.07) is 0. The number of amides is 1. The van der Waals surface area contributed by atoms with Gasteiger partial charge in [0.2, 0.25) is 5.91 Å². The summed E-state index contributed by atoms with van der Waals surface area (Å²) in [5.41, 5.74) is 0. The summed E-state index contributed by atoms with van der Waals surface area (Å²) in [6.45, 7) is 5.27. The van der Waals surface area contributed by atoms with Crippen LogP contribution in [0, 0.1) is 5.92 Å². The fraction of sp³-hybridized carbons (Fsp3) is 0.800. The molecular formula is C10H21BN2O2. The number of carbonyl (C=O) groups is 2. The maximum absolute atomic E-state index is 11.5. The summed E-state index contributed by atoms with van der Waals surface area (Å²) in [7, 11) is 3.65. The molecule has 0 aromatic heterocycles. The highest BCUT2D eigenvalue weighted by Crippen LogP contribution is 1.99. The van der Waals surface area contributed by atoms with Crippen molar-refractivity contribution in [1.82, 2.24) is 10.2 Å². The van der Waals surface area contributed by atoms with E-state index in [1.807, 2.05) is 28.7 Å². The van der Waals surface area contributed by atoms with Crippen molar-refractivity contribution in [1.29, 1.82) is 0 Å². The van der Waals surface area contributed by atoms with E-state index >= 15 is 0 Å². The molecule has 5 heteroatoms. The lowest BCUT2D eigenvalue weighted by molar-refractivity contribution is -0.134. The first-order chi connectivity index (χ1) is 7.02. The highest BCUT2D eigenvalue weighted by Gasteiger charge is 2.16. The standard InChI is InChI=1S/C10H21BN2O2/c1-8(2)9(14)7-13(5-4-12-3)10(15)6-11/h8,12H,4-7,11H2,1-3H3. The normalized spacial score (nSPS) is 10.4. The number of nitrogens with zero attached hydrogens (tertiary/aromatic N) is 1. The quantitative estimate of drug-likeness (QED) is 0.568. The van der Waals surface area contributed by atoms with Crippen molar-refractivity contribution >= 4 is 19.5 Å². The zero-order chi connectivity index (χ0) is 11.8. The maximum atomic E-state index is 11.5. The van der Waals surface area contributed by atoms with Crippen LogP contribution < -0.4 is 5.32 Å². The van der Waals surface area contributed by atoms with E-state index in [0.29, 0.717) is 12.9 Å². The van der Waals surface area contributed by atoms with E-state index < -0.39 is 0 Å². The number of carbonyl (C=O) groups excluding carboxylic acids is 2. The van der Waals surface area contributed by atoms with Crippen molar-refractivity contribution in [2.45, 2.75) is 20.2 Å². The Bertz CT molecular complexity index is 219. The molecule has 0 aromatic rings. The van der Waals surface area contributed by atoms with Crippen LogP contribution in [0.3, 0.4) is 0 Å². The first kappa shape index (κ1) is 14.2. The molecule has 0 fully saturated rings. The molecular weight excluding hydrogens is 191 g/mol. The average Bonchev–Trinajstić information content (AvgIpc) is 2.22. The molecule has 0 radical (unpaired) electrons. The van der Waals surface area contributed by atoms with Crippen LogP contribution in [-0.4, -0.2) is 51.1 Å². The Labute approximate surface area is 92.8 Å². The summed E-state index contributed by atoms with van der Waals surface area (Å²) in [4.78, 5) is 24.7. The molecule has 0 bridgehead atoms. The largest absolute Gasteiger partial charge is 0.335 e. The number of hydrogen-bond acceptors (Lipinski definition) is 3. The lowest BCUT2D eigenvalue weighted by Gasteiger charge is -2.22. The van der Waals surface area contributed by atoms with Gasteiger partial charge in [-0.05, 0) is 13.4 Å². The van der Waals surface area contributed by atoms with Crippen LogP contribution in [0.1, 0.15) is 13.8 Å². The molecule has 0 spiro atoms. The zero-order valence-electron chi connectivity index (χ0n) is 10.2. The van der Waals surface area contributed by atoms with Crippen molar-refractivity contribution in [3.8, 4) is 0 Å². The van der Waals surface area contributed by atoms with Gasteiger partial charge in [0.15, 0.2) is 5.78 Å². The number of ketones is 1. The van der Waals surface area contributed by atoms with Gasteiger partial charge in [0.25, 0.3) is 0 Å². The lowest BCUT2D eigenvalue weighted by atomic mass is 10.0. The Morgan fingerprint density at radius 2 is 2.00 bits per heavy atom. The molecule has 0 aliphatic rings. The Morgan fingerprint density at radius 3 is 2.40 bits per heavy atom. The summed E-state index contributed by atoms with van der Waals surface area (Å²) >= 11 is 0. The zero-order valence-corrected chi connectivity index (χ0v) is 10.2. The van der Waals surface area contributed by atoms with E-state index in [4.69, 9.17) is 0 Å². The minimum absolute atomic E-state index is 0.00765. The van der Waals surface area contributed by atoms with Gasteiger partial charge in [-0.2, -0.15) is 0 Å². The van der Waals surface area contributed by atoms with Crippen molar-refractivity contribution in [2.75, 3.05) is 26.7 Å². The molecule has 0 saturated heterocycles. The molecule has 1 amide bonds. The molecule has 0 aromatic carbocycles. The molecule has 0 atom stereocenters. The fourth-order valence-corrected chi connectivity index (χ4v) is 1.13. The molecule has 0 rings (SSSR count). The van der Waals surface area contributed by atoms with Crippen LogP contribution in [0.5, 0.6) is 0 Å². The van der Waals surface area contributed by atoms with Crippen LogP contribution in [0.15, 0.2) is 0 Å². The van der Waals surface area contributed by atoms with E-state index in [9.17, 15) is 9.59 Å². The second kappa shape index (κ2) is 7.46. The van der Waals surface area contributed by atoms with Crippen molar-refractivity contribution in [3.05, 3.63) is 0 Å². The van der Waals surface area contributed by atoms with Crippen molar-refractivity contribution < 1.29 is 9.59 Å². The lowest BCUT2D eigenvalue weighted by Crippen LogP contribution is -2.40. The molecule has 86 valence electrons. The van der Waals surface area contributed by atoms with Crippen LogP contribution in [0.2, 0.25) is 6.32 Å². The number of rotatable bonds is 7. The highest BCUT2D eigenvalue weighted by molar-refractivity contribution is 6.19. The number of hydrogen-bond donors (Lipinski definition) is 1. The smallest absolute Gasteiger partial charge is 0.215 e. The van der Waals surface area contributed by atoms with Gasteiger partial charge in [0.1, 0.15) is 7.85 Å². The summed E-state index contributed by atoms with van der Waals surface area (Å²) in [6.07, 6.45) is 0.453. The Morgan fingerprint density at radius 1 is 1.40 bits per heavy atom. The minimum atomic E-state index is -0.00765. The number of nitrogens with one attached hydrogen (secondary N) is 1. The third kappa shape index (κ3) is 5.57. The van der Waals surface area contributed by atoms with Gasteiger partial charge in [-0.15, -0.1) is 0 Å². The highest BCUT2D eigenvalue weighted by atomic mass is 16.2. The number of Topliss-reactive ketones (excluding diaryl/α,β-unsaturated/α-hetero) is 1. The van der Waals surface area contributed by atoms with Crippen LogP contribution in [0.25, 0.3) is 0 Å². The van der Waals surface area contributed by atoms with Gasteiger partial charge in [-0.1, -0.05) is 13.8 Å². The topological polar surface area (TPSA) is 49.4 Å². The van der Waals surface area contributed by atoms with Gasteiger partial charge < -0.3 is 10.2 Å². The Hall–Kier alpha value is -0.835. The second-order valence-electron chi connectivity index (χ2n) is 3.89. The maximum Gasteiger partial charge on any atom is 0.215 e. The minimum Gasteiger partial charge on any atom is -0.335 e. The van der Waals surface area contributed by atoms with Gasteiger partial charge in [0, 0.05) is 19.0 Å². The summed E-state index contributed by atoms with van der Waals surface area (Å²) in [5, 5.41) is 2.97. The first-order valence-corrected chi connectivity index (χ1v) is 5.48. The first-order valence-electron chi connectivity index (χ1n) is 5.48. The fourth-order valence-electron chi connectivity index (χ4n) is 1.13. The molecule has 15 heavy (non-hydrogen) atoms. The van der Waals surface area contributed by atoms with Crippen molar-refractivity contribution in [2.24, 2.45) is 5.92 Å². The SMILES string of the molecule is BCC(=O)N(CCNC)CC(=O)C(C)C. The molecule has 4 nitrogen and oxygen atoms in total. The molecule has 0 heterocycles. The van der Waals surface area contributed by atoms with E-state index in [0.717, 1.165) is 6.54 Å². The van der Waals surface area contributed by atoms with Crippen LogP contribution in [-0.2, 0) is 9.59 Å². The third-order valence-corrected chi connectivity index (χ3v) is 2.28. The Kier molecular flexibility index (Phi) is 7.04. The number of likely N-dealkylation sites (N-methyl/N-ethyl adjacent to an activating group) is 1. The summed E-state index contributed by atoms with van der Waals surface area (Å²) in [5.74, 6) is 0.152. The predicted octanol–water partition coefficient (Wildman–Crippen LogP) is -0.689. The van der Waals surface area contributed by atoms with Gasteiger partial charge in [-0.25, -0.2) is 0 Å². The van der Waals surface area contributed by atoms with Crippen LogP contribution in [0.4, 0.5) is 0 Å². The van der Waals surface area contributed by atoms with Crippen LogP contribution >= 0.6 is 0 Å². The third-order valence-electron chi connectivity index (χ3n) is 2.28. The van der Waals surface area contributed by atoms with E-state index in [2.05, 4.69) is 5.32 Å². The second-order valence-corrected chi connectivity index (χ2v) is 3.89. The molecule has 1 N–H and O–H groups in total. The monoisotopic (exact) mass is 212 g/mol. The molecule has 0 saturated carbocycles. The van der Waals surface area contributed by atoms with Gasteiger partial charge in [-0.3, -0.25) is 9.59 Å². The van der Waals surface area contributed by atoms with E-state index in [1.54, 1.807) is 4.90 Å². The molecule has 0 unspecified atom stereocenters. The average molecular weight is 212 g/mol. The summed E-state index contributed by atoms with van der Waals surface area (Å²) < 4.78 is 0. The van der Waals surface area contributed by atoms with Gasteiger partial charge in [0.05, 0.1) is 6.54 Å². The Balaban J connectivity index is 4.23. The van der Waals surface area contributed by atoms with E-state index in [-0.39, 0.29) is 24.2 Å².